The van der Waals surface area contributed by atoms with Crippen LogP contribution >= 0.6 is 0 Å². The normalized spacial score (nSPS) is 13.3. The number of amides is 2. The van der Waals surface area contributed by atoms with Gasteiger partial charge < -0.3 is 10.6 Å². The summed E-state index contributed by atoms with van der Waals surface area (Å²) in [7, 11) is 0. The van der Waals surface area contributed by atoms with Crippen LogP contribution in [-0.2, 0) is 9.59 Å². The summed E-state index contributed by atoms with van der Waals surface area (Å²) < 4.78 is 0. The Labute approximate surface area is 184 Å². The highest BCUT2D eigenvalue weighted by atomic mass is 16.3. The van der Waals surface area contributed by atoms with Gasteiger partial charge in [0.1, 0.15) is 0 Å². The second kappa shape index (κ2) is 11.2. The molecule has 30 heavy (non-hydrogen) atoms. The Bertz CT molecular complexity index is 578. The number of carbonyl (C=O) groups excluding carboxylic acids is 2. The first-order chi connectivity index (χ1) is 13.4. The van der Waals surface area contributed by atoms with Gasteiger partial charge in [-0.25, -0.2) is 0 Å². The summed E-state index contributed by atoms with van der Waals surface area (Å²) >= 11 is 0. The van der Waals surface area contributed by atoms with Crippen LogP contribution in [0.1, 0.15) is 94.9 Å². The fourth-order valence-electron chi connectivity index (χ4n) is 5.24. The summed E-state index contributed by atoms with van der Waals surface area (Å²) in [4.78, 5) is 34.3. The van der Waals surface area contributed by atoms with Gasteiger partial charge in [0.15, 0.2) is 6.54 Å². The molecule has 0 radical (unpaired) electrons. The average Bonchev–Trinajstić information content (AvgIpc) is 2.47. The van der Waals surface area contributed by atoms with E-state index in [0.29, 0.717) is 25.4 Å². The van der Waals surface area contributed by atoms with E-state index in [-0.39, 0.29) is 40.0 Å². The van der Waals surface area contributed by atoms with Crippen LogP contribution in [0.25, 0.3) is 0 Å². The molecule has 6 heteroatoms. The quantitative estimate of drug-likeness (QED) is 0.370. The van der Waals surface area contributed by atoms with Gasteiger partial charge in [0.05, 0.1) is 0 Å². The lowest BCUT2D eigenvalue weighted by molar-refractivity contribution is -0.124. The van der Waals surface area contributed by atoms with Crippen LogP contribution in [0.15, 0.2) is 5.18 Å². The average molecular weight is 426 g/mol. The van der Waals surface area contributed by atoms with Gasteiger partial charge in [-0.2, -0.15) is 4.91 Å². The predicted molar refractivity (Wildman–Crippen MR) is 125 cm³/mol. The molecule has 0 heterocycles. The Hall–Kier alpha value is -1.46. The SMILES string of the molecule is CC(C)CC(C)(C)CC(C)(C)CC(=O)NCC(C)(C)CC(C)(C)CNC(=O)CN=O. The lowest BCUT2D eigenvalue weighted by Gasteiger charge is -2.37. The van der Waals surface area contributed by atoms with Gasteiger partial charge in [-0.15, -0.1) is 0 Å². The maximum atomic E-state index is 12.7. The summed E-state index contributed by atoms with van der Waals surface area (Å²) in [5, 5.41) is 8.50. The van der Waals surface area contributed by atoms with Gasteiger partial charge in [-0.3, -0.25) is 9.59 Å². The molecule has 6 nitrogen and oxygen atoms in total. The van der Waals surface area contributed by atoms with Gasteiger partial charge >= 0.3 is 0 Å². The van der Waals surface area contributed by atoms with Gasteiger partial charge in [0.2, 0.25) is 11.8 Å². The van der Waals surface area contributed by atoms with Crippen LogP contribution in [0.3, 0.4) is 0 Å². The van der Waals surface area contributed by atoms with Gasteiger partial charge in [-0.05, 0) is 46.8 Å². The largest absolute Gasteiger partial charge is 0.356 e. The first-order valence-electron chi connectivity index (χ1n) is 11.2. The summed E-state index contributed by atoms with van der Waals surface area (Å²) in [6, 6.07) is 0. The molecule has 0 aromatic carbocycles. The Morgan fingerprint density at radius 2 is 1.17 bits per heavy atom. The van der Waals surface area contributed by atoms with Crippen molar-refractivity contribution in [3.8, 4) is 0 Å². The van der Waals surface area contributed by atoms with E-state index in [0.717, 1.165) is 19.3 Å². The first-order valence-corrected chi connectivity index (χ1v) is 11.2. The topological polar surface area (TPSA) is 87.6 Å². The maximum absolute atomic E-state index is 12.7. The minimum atomic E-state index is -0.355. The number of hydrogen-bond acceptors (Lipinski definition) is 4. The molecule has 0 unspecified atom stereocenters. The Morgan fingerprint density at radius 1 is 0.733 bits per heavy atom. The lowest BCUT2D eigenvalue weighted by atomic mass is 9.70. The summed E-state index contributed by atoms with van der Waals surface area (Å²) in [5.41, 5.74) is -0.116. The molecule has 0 aromatic heterocycles. The van der Waals surface area contributed by atoms with Gasteiger partial charge in [0.25, 0.3) is 0 Å². The van der Waals surface area contributed by atoms with E-state index in [1.54, 1.807) is 0 Å². The minimum absolute atomic E-state index is 0.0528. The van der Waals surface area contributed by atoms with E-state index in [9.17, 15) is 14.5 Å². The molecule has 0 aliphatic heterocycles. The van der Waals surface area contributed by atoms with Crippen molar-refractivity contribution in [1.29, 1.82) is 0 Å². The zero-order valence-electron chi connectivity index (χ0n) is 21.2. The smallest absolute Gasteiger partial charge is 0.245 e. The number of nitrogens with zero attached hydrogens (tertiary/aromatic N) is 1. The third-order valence-electron chi connectivity index (χ3n) is 5.25. The molecule has 176 valence electrons. The highest BCUT2D eigenvalue weighted by Gasteiger charge is 2.33. The molecule has 0 aromatic rings. The third-order valence-corrected chi connectivity index (χ3v) is 5.25. The maximum Gasteiger partial charge on any atom is 0.245 e. The van der Waals surface area contributed by atoms with Crippen molar-refractivity contribution >= 4 is 11.8 Å². The van der Waals surface area contributed by atoms with Crippen molar-refractivity contribution in [2.45, 2.75) is 94.9 Å². The molecule has 0 saturated heterocycles. The zero-order chi connectivity index (χ0) is 23.8. The summed E-state index contributed by atoms with van der Waals surface area (Å²) in [5.74, 6) is 0.386. The first kappa shape index (κ1) is 28.5. The molecule has 0 aliphatic rings. The predicted octanol–water partition coefficient (Wildman–Crippen LogP) is 5.31. The Morgan fingerprint density at radius 3 is 1.60 bits per heavy atom. The third kappa shape index (κ3) is 13.7. The fourth-order valence-corrected chi connectivity index (χ4v) is 5.24. The molecule has 0 bridgehead atoms. The van der Waals surface area contributed by atoms with Crippen molar-refractivity contribution in [3.63, 3.8) is 0 Å². The second-order valence-corrected chi connectivity index (χ2v) is 12.6. The van der Waals surface area contributed by atoms with Crippen molar-refractivity contribution in [2.75, 3.05) is 19.6 Å². The van der Waals surface area contributed by atoms with Gasteiger partial charge in [-0.1, -0.05) is 74.4 Å². The van der Waals surface area contributed by atoms with Crippen LogP contribution in [0, 0.1) is 32.5 Å². The lowest BCUT2D eigenvalue weighted by Crippen LogP contribution is -2.42. The van der Waals surface area contributed by atoms with Crippen LogP contribution in [0.2, 0.25) is 0 Å². The molecule has 0 fully saturated rings. The fraction of sp³-hybridized carbons (Fsp3) is 0.917. The second-order valence-electron chi connectivity index (χ2n) is 12.6. The van der Waals surface area contributed by atoms with E-state index in [4.69, 9.17) is 0 Å². The van der Waals surface area contributed by atoms with Crippen LogP contribution in [-0.4, -0.2) is 31.4 Å². The molecule has 2 amide bonds. The molecule has 0 saturated carbocycles. The molecule has 0 spiro atoms. The van der Waals surface area contributed by atoms with Crippen molar-refractivity contribution < 1.29 is 9.59 Å². The van der Waals surface area contributed by atoms with E-state index >= 15 is 0 Å². The standard InChI is InChI=1S/C24H47N3O3/c1-18(2)11-21(3,4)14-22(5,6)12-19(28)25-16-23(7,8)15-24(9,10)17-26-20(29)13-27-30/h18H,11-17H2,1-10H3,(H,25,28)(H,26,29). The Balaban J connectivity index is 4.65. The van der Waals surface area contributed by atoms with E-state index in [2.05, 4.69) is 85.0 Å². The van der Waals surface area contributed by atoms with Crippen LogP contribution in [0.5, 0.6) is 0 Å². The van der Waals surface area contributed by atoms with E-state index in [1.807, 2.05) is 0 Å². The highest BCUT2D eigenvalue weighted by Crippen LogP contribution is 2.40. The number of nitrogens with one attached hydrogen (secondary N) is 2. The number of nitroso groups, excluding NO2 is 1. The molecular weight excluding hydrogens is 378 g/mol. The summed E-state index contributed by atoms with van der Waals surface area (Å²) in [6.45, 7) is 22.5. The number of hydrogen-bond donors (Lipinski definition) is 2. The molecule has 0 atom stereocenters. The Kier molecular flexibility index (Phi) is 10.7. The van der Waals surface area contributed by atoms with Crippen LogP contribution < -0.4 is 10.6 Å². The molecule has 2 N–H and O–H groups in total. The highest BCUT2D eigenvalue weighted by molar-refractivity contribution is 5.78. The van der Waals surface area contributed by atoms with E-state index < -0.39 is 0 Å². The van der Waals surface area contributed by atoms with E-state index in [1.165, 1.54) is 0 Å². The summed E-state index contributed by atoms with van der Waals surface area (Å²) in [6.07, 6.45) is 3.50. The monoisotopic (exact) mass is 425 g/mol. The molecular formula is C24H47N3O3. The minimum Gasteiger partial charge on any atom is -0.356 e. The van der Waals surface area contributed by atoms with Crippen LogP contribution in [0.4, 0.5) is 0 Å². The van der Waals surface area contributed by atoms with Crippen molar-refractivity contribution in [2.24, 2.45) is 32.8 Å². The number of carbonyl (C=O) groups is 2. The van der Waals surface area contributed by atoms with Crippen molar-refractivity contribution in [1.82, 2.24) is 10.6 Å². The van der Waals surface area contributed by atoms with Crippen molar-refractivity contribution in [3.05, 3.63) is 4.91 Å². The zero-order valence-corrected chi connectivity index (χ0v) is 21.2. The van der Waals surface area contributed by atoms with Gasteiger partial charge in [0, 0.05) is 19.5 Å². The number of rotatable bonds is 14. The molecule has 0 rings (SSSR count). The molecule has 0 aliphatic carbocycles.